The topological polar surface area (TPSA) is 42.4 Å². The fraction of sp³-hybridized carbons (Fsp3) is 0.125. The fourth-order valence-corrected chi connectivity index (χ4v) is 3.14. The zero-order valence-corrected chi connectivity index (χ0v) is 16.3. The molecule has 154 valence electrons. The minimum absolute atomic E-state index is 0.164. The summed E-state index contributed by atoms with van der Waals surface area (Å²) in [7, 11) is 0. The molecule has 1 aromatic heterocycles. The summed E-state index contributed by atoms with van der Waals surface area (Å²) in [6.07, 6.45) is 3.70. The standard InChI is InChI=1S/C24H20F3NO2/c1-3-5-9-18(4-2)30-19-10-6-8-16(13-19)22-17(15-29)14-28-23-20(22)11-7-12-21(23)24(25,26)27/h3-14,29H,2,15H2,1H3/b5-3-,18-9+. The number of alkyl halides is 3. The van der Waals surface area contributed by atoms with E-state index in [1.807, 2.05) is 13.0 Å². The van der Waals surface area contributed by atoms with E-state index >= 15 is 0 Å². The Morgan fingerprint density at radius 1 is 1.20 bits per heavy atom. The van der Waals surface area contributed by atoms with E-state index < -0.39 is 11.7 Å². The number of para-hydroxylation sites is 1. The molecule has 0 saturated carbocycles. The van der Waals surface area contributed by atoms with E-state index in [1.165, 1.54) is 12.3 Å². The molecule has 3 rings (SSSR count). The van der Waals surface area contributed by atoms with Gasteiger partial charge in [0.15, 0.2) is 0 Å². The number of nitrogens with zero attached hydrogens (tertiary/aromatic N) is 1. The summed E-state index contributed by atoms with van der Waals surface area (Å²) in [6, 6.07) is 10.8. The van der Waals surface area contributed by atoms with Crippen LogP contribution in [0, 0.1) is 0 Å². The van der Waals surface area contributed by atoms with E-state index in [4.69, 9.17) is 4.74 Å². The number of aliphatic hydroxyl groups excluding tert-OH is 1. The fourth-order valence-electron chi connectivity index (χ4n) is 3.14. The number of hydrogen-bond acceptors (Lipinski definition) is 3. The molecule has 3 aromatic rings. The monoisotopic (exact) mass is 411 g/mol. The molecular weight excluding hydrogens is 391 g/mol. The van der Waals surface area contributed by atoms with Crippen molar-refractivity contribution >= 4 is 10.9 Å². The minimum Gasteiger partial charge on any atom is -0.457 e. The molecule has 0 bridgehead atoms. The summed E-state index contributed by atoms with van der Waals surface area (Å²) in [5, 5.41) is 10.1. The van der Waals surface area contributed by atoms with Crippen LogP contribution in [0.4, 0.5) is 13.2 Å². The summed E-state index contributed by atoms with van der Waals surface area (Å²) in [4.78, 5) is 3.98. The molecule has 0 aliphatic carbocycles. The molecule has 0 radical (unpaired) electrons. The molecule has 1 heterocycles. The Labute approximate surface area is 172 Å². The van der Waals surface area contributed by atoms with Crippen molar-refractivity contribution in [2.24, 2.45) is 0 Å². The second-order valence-electron chi connectivity index (χ2n) is 6.44. The van der Waals surface area contributed by atoms with Crippen molar-refractivity contribution in [2.45, 2.75) is 19.7 Å². The number of rotatable bonds is 6. The first kappa shape index (κ1) is 21.3. The van der Waals surface area contributed by atoms with E-state index in [0.717, 1.165) is 6.07 Å². The third-order valence-electron chi connectivity index (χ3n) is 4.46. The van der Waals surface area contributed by atoms with Crippen molar-refractivity contribution in [1.82, 2.24) is 4.98 Å². The average molecular weight is 411 g/mol. The lowest BCUT2D eigenvalue weighted by molar-refractivity contribution is -0.136. The Morgan fingerprint density at radius 2 is 1.97 bits per heavy atom. The largest absolute Gasteiger partial charge is 0.457 e. The first-order valence-electron chi connectivity index (χ1n) is 9.21. The highest BCUT2D eigenvalue weighted by atomic mass is 19.4. The summed E-state index contributed by atoms with van der Waals surface area (Å²) in [5.74, 6) is 1.01. The van der Waals surface area contributed by atoms with E-state index in [0.29, 0.717) is 33.6 Å². The van der Waals surface area contributed by atoms with E-state index in [-0.39, 0.29) is 12.1 Å². The van der Waals surface area contributed by atoms with Crippen molar-refractivity contribution in [3.63, 3.8) is 0 Å². The second-order valence-corrected chi connectivity index (χ2v) is 6.44. The molecule has 0 atom stereocenters. The molecule has 1 N–H and O–H groups in total. The van der Waals surface area contributed by atoms with Crippen molar-refractivity contribution in [2.75, 3.05) is 0 Å². The predicted molar refractivity (Wildman–Crippen MR) is 112 cm³/mol. The Kier molecular flexibility index (Phi) is 6.37. The number of pyridine rings is 1. The maximum absolute atomic E-state index is 13.5. The summed E-state index contributed by atoms with van der Waals surface area (Å²) < 4.78 is 46.2. The highest BCUT2D eigenvalue weighted by Crippen LogP contribution is 2.39. The first-order valence-corrected chi connectivity index (χ1v) is 9.21. The van der Waals surface area contributed by atoms with Crippen LogP contribution in [0.5, 0.6) is 5.75 Å². The van der Waals surface area contributed by atoms with Crippen molar-refractivity contribution in [3.05, 3.63) is 96.4 Å². The van der Waals surface area contributed by atoms with Gasteiger partial charge in [0, 0.05) is 17.1 Å². The molecule has 0 fully saturated rings. The molecule has 0 aliphatic heterocycles. The van der Waals surface area contributed by atoms with Gasteiger partial charge in [-0.25, -0.2) is 0 Å². The van der Waals surface area contributed by atoms with Gasteiger partial charge in [-0.15, -0.1) is 0 Å². The number of hydrogen-bond donors (Lipinski definition) is 1. The van der Waals surface area contributed by atoms with Gasteiger partial charge in [-0.05, 0) is 48.4 Å². The average Bonchev–Trinajstić information content (AvgIpc) is 2.74. The van der Waals surface area contributed by atoms with Gasteiger partial charge in [0.05, 0.1) is 17.7 Å². The van der Waals surface area contributed by atoms with Gasteiger partial charge < -0.3 is 9.84 Å². The number of aliphatic hydroxyl groups is 1. The second kappa shape index (κ2) is 8.97. The lowest BCUT2D eigenvalue weighted by Crippen LogP contribution is -2.07. The molecular formula is C24H20F3NO2. The number of allylic oxidation sites excluding steroid dienone is 4. The third-order valence-corrected chi connectivity index (χ3v) is 4.46. The first-order chi connectivity index (χ1) is 14.4. The van der Waals surface area contributed by atoms with Crippen LogP contribution in [0.1, 0.15) is 18.1 Å². The minimum atomic E-state index is -4.54. The maximum Gasteiger partial charge on any atom is 0.418 e. The van der Waals surface area contributed by atoms with Gasteiger partial charge in [-0.2, -0.15) is 13.2 Å². The molecule has 0 amide bonds. The van der Waals surface area contributed by atoms with Gasteiger partial charge >= 0.3 is 6.18 Å². The molecule has 0 unspecified atom stereocenters. The lowest BCUT2D eigenvalue weighted by atomic mass is 9.95. The van der Waals surface area contributed by atoms with Crippen molar-refractivity contribution < 1.29 is 23.0 Å². The van der Waals surface area contributed by atoms with Gasteiger partial charge in [-0.1, -0.05) is 43.0 Å². The van der Waals surface area contributed by atoms with Gasteiger partial charge in [0.2, 0.25) is 0 Å². The quantitative estimate of drug-likeness (QED) is 0.375. The number of ether oxygens (including phenoxy) is 1. The Bertz CT molecular complexity index is 1130. The third kappa shape index (κ3) is 4.44. The van der Waals surface area contributed by atoms with Gasteiger partial charge in [-0.3, -0.25) is 4.98 Å². The molecule has 3 nitrogen and oxygen atoms in total. The highest BCUT2D eigenvalue weighted by Gasteiger charge is 2.33. The van der Waals surface area contributed by atoms with Gasteiger partial charge in [0.25, 0.3) is 0 Å². The van der Waals surface area contributed by atoms with E-state index in [1.54, 1.807) is 48.6 Å². The van der Waals surface area contributed by atoms with Gasteiger partial charge in [0.1, 0.15) is 11.5 Å². The zero-order chi connectivity index (χ0) is 21.7. The van der Waals surface area contributed by atoms with E-state index in [9.17, 15) is 18.3 Å². The number of benzene rings is 2. The number of fused-ring (bicyclic) bond motifs is 1. The normalized spacial score (nSPS) is 12.5. The number of aromatic nitrogens is 1. The predicted octanol–water partition coefficient (Wildman–Crippen LogP) is 6.44. The maximum atomic E-state index is 13.5. The van der Waals surface area contributed by atoms with Crippen LogP contribution in [0.25, 0.3) is 22.0 Å². The SMILES string of the molecule is C=C/C(=C\C=C/C)Oc1cccc(-c2c(CO)cnc3c(C(F)(F)F)cccc23)c1. The van der Waals surface area contributed by atoms with Crippen LogP contribution in [-0.2, 0) is 12.8 Å². The molecule has 30 heavy (non-hydrogen) atoms. The van der Waals surface area contributed by atoms with Crippen molar-refractivity contribution in [3.8, 4) is 16.9 Å². The lowest BCUT2D eigenvalue weighted by Gasteiger charge is -2.16. The zero-order valence-electron chi connectivity index (χ0n) is 16.3. The van der Waals surface area contributed by atoms with Crippen LogP contribution in [0.2, 0.25) is 0 Å². The highest BCUT2D eigenvalue weighted by molar-refractivity contribution is 5.97. The summed E-state index contributed by atoms with van der Waals surface area (Å²) in [6.45, 7) is 5.23. The molecule has 6 heteroatoms. The Hall–Kier alpha value is -3.38. The summed E-state index contributed by atoms with van der Waals surface area (Å²) in [5.41, 5.74) is 0.534. The molecule has 0 aliphatic rings. The van der Waals surface area contributed by atoms with E-state index in [2.05, 4.69) is 11.6 Å². The molecule has 0 spiro atoms. The Balaban J connectivity index is 2.18. The van der Waals surface area contributed by atoms with Crippen LogP contribution in [0.15, 0.2) is 85.3 Å². The molecule has 2 aromatic carbocycles. The van der Waals surface area contributed by atoms with Crippen LogP contribution >= 0.6 is 0 Å². The molecule has 0 saturated heterocycles. The Morgan fingerprint density at radius 3 is 2.63 bits per heavy atom. The summed E-state index contributed by atoms with van der Waals surface area (Å²) >= 11 is 0. The number of halogens is 3. The smallest absolute Gasteiger partial charge is 0.418 e. The van der Waals surface area contributed by atoms with Crippen molar-refractivity contribution in [1.29, 1.82) is 0 Å². The van der Waals surface area contributed by atoms with Crippen LogP contribution in [-0.4, -0.2) is 10.1 Å². The van der Waals surface area contributed by atoms with Crippen LogP contribution in [0.3, 0.4) is 0 Å². The van der Waals surface area contributed by atoms with Crippen LogP contribution < -0.4 is 4.74 Å².